The second-order valence-electron chi connectivity index (χ2n) is 10.3. The lowest BCUT2D eigenvalue weighted by Crippen LogP contribution is -2.63. The highest BCUT2D eigenvalue weighted by molar-refractivity contribution is 6.30. The van der Waals surface area contributed by atoms with Crippen LogP contribution in [0.1, 0.15) is 71.1 Å². The van der Waals surface area contributed by atoms with E-state index in [2.05, 4.69) is 15.6 Å². The Morgan fingerprint density at radius 3 is 2.57 bits per heavy atom. The Kier molecular flexibility index (Phi) is 11.7. The lowest BCUT2D eigenvalue weighted by atomic mass is 9.66. The number of allylic oxidation sites excluding steroid dienone is 1. The van der Waals surface area contributed by atoms with E-state index in [4.69, 9.17) is 23.1 Å². The number of hydrogen-bond acceptors (Lipinski definition) is 4. The molecule has 0 saturated heterocycles. The Morgan fingerprint density at radius 1 is 1.27 bits per heavy atom. The Morgan fingerprint density at radius 2 is 1.97 bits per heavy atom. The molecule has 6 nitrogen and oxygen atoms in total. The van der Waals surface area contributed by atoms with Crippen LogP contribution in [0.15, 0.2) is 35.3 Å². The highest BCUT2D eigenvalue weighted by Gasteiger charge is 2.51. The molecular formula is C26H40ClF4N5O. The lowest BCUT2D eigenvalue weighted by Gasteiger charge is -2.47. The summed E-state index contributed by atoms with van der Waals surface area (Å²) < 4.78 is 54.7. The van der Waals surface area contributed by atoms with E-state index in [1.807, 2.05) is 32.9 Å². The van der Waals surface area contributed by atoms with Gasteiger partial charge in [-0.05, 0) is 50.2 Å². The van der Waals surface area contributed by atoms with Gasteiger partial charge in [-0.3, -0.25) is 4.99 Å². The van der Waals surface area contributed by atoms with Crippen LogP contribution in [0.3, 0.4) is 0 Å². The lowest BCUT2D eigenvalue weighted by molar-refractivity contribution is -0.191. The minimum Gasteiger partial charge on any atom is -0.369 e. The van der Waals surface area contributed by atoms with Gasteiger partial charge in [-0.2, -0.15) is 13.2 Å². The second kappa shape index (κ2) is 13.8. The molecule has 0 spiro atoms. The SMILES string of the molecule is CCCC=CCC1(N)CC(C(F)(F)F)CCC1C(N)NC(=NCC(C)C)NC(O)c1ccc(Cl)c(F)c1. The summed E-state index contributed by atoms with van der Waals surface area (Å²) in [5, 5.41) is 16.4. The molecule has 1 aromatic rings. The summed E-state index contributed by atoms with van der Waals surface area (Å²) in [4.78, 5) is 4.45. The number of hydrogen-bond donors (Lipinski definition) is 5. The van der Waals surface area contributed by atoms with E-state index >= 15 is 0 Å². The van der Waals surface area contributed by atoms with Gasteiger partial charge in [0.05, 0.1) is 17.1 Å². The molecule has 0 aromatic heterocycles. The molecule has 7 N–H and O–H groups in total. The zero-order chi connectivity index (χ0) is 27.8. The number of aliphatic imine (C=N–C) groups is 1. The van der Waals surface area contributed by atoms with E-state index in [9.17, 15) is 22.7 Å². The number of alkyl halides is 3. The molecule has 0 amide bonds. The van der Waals surface area contributed by atoms with E-state index in [0.29, 0.717) is 6.54 Å². The maximum atomic E-state index is 13.9. The van der Waals surface area contributed by atoms with Gasteiger partial charge in [0.25, 0.3) is 0 Å². The average Bonchev–Trinajstić information content (AvgIpc) is 2.81. The smallest absolute Gasteiger partial charge is 0.369 e. The number of unbranched alkanes of at least 4 members (excludes halogenated alkanes) is 1. The predicted molar refractivity (Wildman–Crippen MR) is 140 cm³/mol. The summed E-state index contributed by atoms with van der Waals surface area (Å²) in [6.45, 7) is 6.32. The van der Waals surface area contributed by atoms with Crippen molar-refractivity contribution in [2.24, 2.45) is 34.2 Å². The second-order valence-corrected chi connectivity index (χ2v) is 10.7. The molecule has 0 radical (unpaired) electrons. The average molecular weight is 550 g/mol. The fourth-order valence-corrected chi connectivity index (χ4v) is 4.70. The zero-order valence-corrected chi connectivity index (χ0v) is 22.4. The monoisotopic (exact) mass is 549 g/mol. The summed E-state index contributed by atoms with van der Waals surface area (Å²) in [5.41, 5.74) is 12.2. The fraction of sp³-hybridized carbons (Fsp3) is 0.654. The van der Waals surface area contributed by atoms with Crippen LogP contribution in [0.2, 0.25) is 5.02 Å². The van der Waals surface area contributed by atoms with Gasteiger partial charge in [-0.15, -0.1) is 0 Å². The van der Waals surface area contributed by atoms with Crippen LogP contribution in [-0.4, -0.2) is 35.5 Å². The fourth-order valence-electron chi connectivity index (χ4n) is 4.58. The zero-order valence-electron chi connectivity index (χ0n) is 21.7. The van der Waals surface area contributed by atoms with Gasteiger partial charge in [0.15, 0.2) is 12.2 Å². The number of aliphatic hydroxyl groups is 1. The Bertz CT molecular complexity index is 927. The number of aliphatic hydroxyl groups excluding tert-OH is 1. The van der Waals surface area contributed by atoms with E-state index in [1.165, 1.54) is 12.1 Å². The quantitative estimate of drug-likeness (QED) is 0.0886. The van der Waals surface area contributed by atoms with E-state index in [-0.39, 0.29) is 48.1 Å². The van der Waals surface area contributed by atoms with E-state index < -0.39 is 41.8 Å². The van der Waals surface area contributed by atoms with Crippen molar-refractivity contribution in [2.75, 3.05) is 6.54 Å². The van der Waals surface area contributed by atoms with Crippen LogP contribution in [0.5, 0.6) is 0 Å². The largest absolute Gasteiger partial charge is 0.391 e. The molecule has 210 valence electrons. The third kappa shape index (κ3) is 9.42. The summed E-state index contributed by atoms with van der Waals surface area (Å²) in [7, 11) is 0. The normalized spacial score (nSPS) is 24.9. The Labute approximate surface area is 221 Å². The number of rotatable bonds is 10. The first-order valence-corrected chi connectivity index (χ1v) is 13.1. The third-order valence-electron chi connectivity index (χ3n) is 6.66. The van der Waals surface area contributed by atoms with Gasteiger partial charge in [-0.25, -0.2) is 4.39 Å². The summed E-state index contributed by atoms with van der Waals surface area (Å²) in [5.74, 6) is -2.34. The highest BCUT2D eigenvalue weighted by atomic mass is 35.5. The number of nitrogens with one attached hydrogen (secondary N) is 2. The van der Waals surface area contributed by atoms with Crippen molar-refractivity contribution in [1.82, 2.24) is 10.6 Å². The number of nitrogens with zero attached hydrogens (tertiary/aromatic N) is 1. The molecule has 1 saturated carbocycles. The minimum atomic E-state index is -4.33. The van der Waals surface area contributed by atoms with E-state index in [1.54, 1.807) is 0 Å². The molecule has 2 rings (SSSR count). The Hall–Kier alpha value is -1.88. The van der Waals surface area contributed by atoms with Gasteiger partial charge < -0.3 is 27.2 Å². The summed E-state index contributed by atoms with van der Waals surface area (Å²) in [6, 6.07) is 3.90. The van der Waals surface area contributed by atoms with Gasteiger partial charge in [-0.1, -0.05) is 57.0 Å². The van der Waals surface area contributed by atoms with Crippen molar-refractivity contribution in [2.45, 2.75) is 83.4 Å². The van der Waals surface area contributed by atoms with Crippen molar-refractivity contribution in [3.05, 3.63) is 46.8 Å². The highest BCUT2D eigenvalue weighted by Crippen LogP contribution is 2.45. The van der Waals surface area contributed by atoms with Crippen molar-refractivity contribution < 1.29 is 22.7 Å². The molecule has 0 heterocycles. The number of guanidine groups is 1. The minimum absolute atomic E-state index is 0.0697. The maximum absolute atomic E-state index is 13.9. The van der Waals surface area contributed by atoms with Crippen LogP contribution in [-0.2, 0) is 0 Å². The number of halogens is 5. The van der Waals surface area contributed by atoms with Crippen molar-refractivity contribution in [3.63, 3.8) is 0 Å². The molecule has 0 bridgehead atoms. The van der Waals surface area contributed by atoms with Crippen molar-refractivity contribution in [1.29, 1.82) is 0 Å². The Balaban J connectivity index is 2.25. The van der Waals surface area contributed by atoms with Crippen LogP contribution < -0.4 is 22.1 Å². The van der Waals surface area contributed by atoms with Crippen molar-refractivity contribution >= 4 is 17.6 Å². The van der Waals surface area contributed by atoms with Crippen LogP contribution in [0.25, 0.3) is 0 Å². The third-order valence-corrected chi connectivity index (χ3v) is 6.96. The molecule has 11 heteroatoms. The number of benzene rings is 1. The molecule has 0 aliphatic heterocycles. The molecular weight excluding hydrogens is 510 g/mol. The van der Waals surface area contributed by atoms with Crippen molar-refractivity contribution in [3.8, 4) is 0 Å². The first kappa shape index (κ1) is 31.3. The first-order valence-electron chi connectivity index (χ1n) is 12.7. The first-order chi connectivity index (χ1) is 17.3. The molecule has 1 fully saturated rings. The summed E-state index contributed by atoms with van der Waals surface area (Å²) in [6.07, 6.45) is -0.860. The molecule has 1 aliphatic rings. The molecule has 37 heavy (non-hydrogen) atoms. The maximum Gasteiger partial charge on any atom is 0.391 e. The van der Waals surface area contributed by atoms with Crippen LogP contribution >= 0.6 is 11.6 Å². The van der Waals surface area contributed by atoms with Gasteiger partial charge in [0.1, 0.15) is 5.82 Å². The van der Waals surface area contributed by atoms with Gasteiger partial charge in [0.2, 0.25) is 0 Å². The molecule has 5 atom stereocenters. The predicted octanol–water partition coefficient (Wildman–Crippen LogP) is 5.37. The molecule has 1 aliphatic carbocycles. The molecule has 1 aromatic carbocycles. The standard InChI is InChI=1S/C26H40ClF4N5O/c1-4-5-6-7-12-25(33)14-18(26(29,30)31)9-10-19(25)22(32)35-24(34-15-16(2)3)36-23(37)17-8-11-20(27)21(28)13-17/h6-8,11,13,16,18-19,22-23,37H,4-5,9-10,12,14-15,32-33H2,1-3H3,(H2,34,35,36). The van der Waals surface area contributed by atoms with Gasteiger partial charge >= 0.3 is 6.18 Å². The van der Waals surface area contributed by atoms with E-state index in [0.717, 1.165) is 18.9 Å². The van der Waals surface area contributed by atoms with Crippen LogP contribution in [0.4, 0.5) is 17.6 Å². The van der Waals surface area contributed by atoms with Crippen LogP contribution in [0, 0.1) is 23.6 Å². The number of nitrogens with two attached hydrogens (primary N) is 2. The molecule has 5 unspecified atom stereocenters. The summed E-state index contributed by atoms with van der Waals surface area (Å²) >= 11 is 5.73. The topological polar surface area (TPSA) is 109 Å². The van der Waals surface area contributed by atoms with Gasteiger partial charge in [0, 0.05) is 23.6 Å².